The molecule has 0 saturated carbocycles. The number of rotatable bonds is 2. The molecule has 0 fully saturated rings. The molecule has 0 aromatic carbocycles. The second-order valence-electron chi connectivity index (χ2n) is 2.61. The van der Waals surface area contributed by atoms with Crippen molar-refractivity contribution in [3.63, 3.8) is 0 Å². The predicted octanol–water partition coefficient (Wildman–Crippen LogP) is 0.452. The topological polar surface area (TPSA) is 67.9 Å². The lowest BCUT2D eigenvalue weighted by Crippen LogP contribution is -2.32. The van der Waals surface area contributed by atoms with Gasteiger partial charge in [0, 0.05) is 7.05 Å². The largest absolute Gasteiger partial charge is 0.406 e. The van der Waals surface area contributed by atoms with Gasteiger partial charge in [-0.15, -0.1) is 0 Å². The fraction of sp³-hybridized carbons (Fsp3) is 0.500. The van der Waals surface area contributed by atoms with Crippen molar-refractivity contribution < 1.29 is 13.2 Å². The van der Waals surface area contributed by atoms with Crippen LogP contribution in [0.15, 0.2) is 6.33 Å². The van der Waals surface area contributed by atoms with Gasteiger partial charge in [0.2, 0.25) is 11.9 Å². The van der Waals surface area contributed by atoms with E-state index in [4.69, 9.17) is 5.73 Å². The summed E-state index contributed by atoms with van der Waals surface area (Å²) in [6.07, 6.45) is -3.24. The molecule has 0 aliphatic heterocycles. The Morgan fingerprint density at radius 2 is 2.07 bits per heavy atom. The van der Waals surface area contributed by atoms with Crippen LogP contribution in [0.3, 0.4) is 0 Å². The number of alkyl halides is 3. The quantitative estimate of drug-likeness (QED) is 0.762. The van der Waals surface area contributed by atoms with Gasteiger partial charge in [0.25, 0.3) is 0 Å². The van der Waals surface area contributed by atoms with Crippen LogP contribution in [0.4, 0.5) is 25.1 Å². The molecule has 1 rings (SSSR count). The molecule has 0 aliphatic carbocycles. The molecule has 1 heterocycles. The Bertz CT molecular complexity index is 313. The summed E-state index contributed by atoms with van der Waals surface area (Å²) < 4.78 is 35.8. The first kappa shape index (κ1) is 10.5. The first-order valence-electron chi connectivity index (χ1n) is 3.61. The van der Waals surface area contributed by atoms with Crippen molar-refractivity contribution in [1.29, 1.82) is 0 Å². The van der Waals surface area contributed by atoms with Gasteiger partial charge in [-0.2, -0.15) is 18.2 Å². The number of anilines is 2. The molecule has 2 N–H and O–H groups in total. The molecule has 0 unspecified atom stereocenters. The third-order valence-electron chi connectivity index (χ3n) is 1.34. The molecule has 0 saturated heterocycles. The van der Waals surface area contributed by atoms with E-state index in [1.54, 1.807) is 0 Å². The zero-order chi connectivity index (χ0) is 10.8. The van der Waals surface area contributed by atoms with Crippen LogP contribution in [0, 0.1) is 0 Å². The molecule has 14 heavy (non-hydrogen) atoms. The summed E-state index contributed by atoms with van der Waals surface area (Å²) in [5.74, 6) is -0.209. The average molecular weight is 207 g/mol. The highest BCUT2D eigenvalue weighted by Gasteiger charge is 2.30. The van der Waals surface area contributed by atoms with Crippen molar-refractivity contribution in [2.45, 2.75) is 6.18 Å². The molecule has 0 amide bonds. The fourth-order valence-electron chi connectivity index (χ4n) is 0.823. The van der Waals surface area contributed by atoms with E-state index in [0.29, 0.717) is 0 Å². The highest BCUT2D eigenvalue weighted by atomic mass is 19.4. The van der Waals surface area contributed by atoms with Crippen molar-refractivity contribution in [3.8, 4) is 0 Å². The second-order valence-corrected chi connectivity index (χ2v) is 2.61. The molecule has 1 aromatic rings. The zero-order valence-electron chi connectivity index (χ0n) is 7.28. The third kappa shape index (κ3) is 3.04. The number of hydrogen-bond donors (Lipinski definition) is 1. The van der Waals surface area contributed by atoms with Crippen LogP contribution < -0.4 is 10.6 Å². The van der Waals surface area contributed by atoms with Gasteiger partial charge in [-0.05, 0) is 0 Å². The summed E-state index contributed by atoms with van der Waals surface area (Å²) in [6.45, 7) is -1.13. The zero-order valence-corrected chi connectivity index (χ0v) is 7.28. The molecular weight excluding hydrogens is 199 g/mol. The van der Waals surface area contributed by atoms with E-state index in [9.17, 15) is 13.2 Å². The van der Waals surface area contributed by atoms with E-state index < -0.39 is 12.7 Å². The first-order valence-corrected chi connectivity index (χ1v) is 3.61. The number of nitrogen functional groups attached to an aromatic ring is 1. The Labute approximate surface area is 77.8 Å². The molecule has 78 valence electrons. The smallest absolute Gasteiger partial charge is 0.368 e. The standard InChI is InChI=1S/C6H8F3N5/c1-14(2-6(7,8)9)5-12-3-11-4(10)13-5/h3H,2H2,1H3,(H2,10,11,12,13). The summed E-state index contributed by atoms with van der Waals surface area (Å²) in [7, 11) is 1.22. The van der Waals surface area contributed by atoms with Gasteiger partial charge in [-0.1, -0.05) is 0 Å². The molecule has 0 radical (unpaired) electrons. The van der Waals surface area contributed by atoms with E-state index in [1.807, 2.05) is 0 Å². The maximum Gasteiger partial charge on any atom is 0.406 e. The summed E-state index contributed by atoms with van der Waals surface area (Å²) in [5.41, 5.74) is 5.19. The van der Waals surface area contributed by atoms with E-state index in [1.165, 1.54) is 7.05 Å². The minimum atomic E-state index is -4.30. The number of nitrogens with zero attached hydrogens (tertiary/aromatic N) is 4. The van der Waals surface area contributed by atoms with Gasteiger partial charge in [-0.3, -0.25) is 0 Å². The lowest BCUT2D eigenvalue weighted by Gasteiger charge is -2.18. The summed E-state index contributed by atoms with van der Waals surface area (Å²) in [5, 5.41) is 0. The lowest BCUT2D eigenvalue weighted by atomic mass is 10.5. The Morgan fingerprint density at radius 1 is 1.43 bits per heavy atom. The number of aromatic nitrogens is 3. The number of halogens is 3. The summed E-state index contributed by atoms with van der Waals surface area (Å²) >= 11 is 0. The van der Waals surface area contributed by atoms with Crippen LogP contribution in [-0.2, 0) is 0 Å². The molecule has 8 heteroatoms. The third-order valence-corrected chi connectivity index (χ3v) is 1.34. The predicted molar refractivity (Wildman–Crippen MR) is 43.6 cm³/mol. The van der Waals surface area contributed by atoms with Crippen LogP contribution >= 0.6 is 0 Å². The van der Waals surface area contributed by atoms with E-state index in [0.717, 1.165) is 11.2 Å². The van der Waals surface area contributed by atoms with Crippen LogP contribution in [-0.4, -0.2) is 34.7 Å². The highest BCUT2D eigenvalue weighted by molar-refractivity contribution is 5.31. The Hall–Kier alpha value is -1.60. The molecule has 0 bridgehead atoms. The Morgan fingerprint density at radius 3 is 2.57 bits per heavy atom. The van der Waals surface area contributed by atoms with Gasteiger partial charge in [0.1, 0.15) is 12.9 Å². The van der Waals surface area contributed by atoms with Crippen LogP contribution in [0.5, 0.6) is 0 Å². The molecule has 5 nitrogen and oxygen atoms in total. The second kappa shape index (κ2) is 3.64. The minimum absolute atomic E-state index is 0.102. The Balaban J connectivity index is 2.74. The van der Waals surface area contributed by atoms with Gasteiger partial charge in [-0.25, -0.2) is 9.97 Å². The summed E-state index contributed by atoms with van der Waals surface area (Å²) in [6, 6.07) is 0. The normalized spacial score (nSPS) is 11.4. The average Bonchev–Trinajstić information content (AvgIpc) is 2.01. The van der Waals surface area contributed by atoms with Crippen molar-refractivity contribution in [2.24, 2.45) is 0 Å². The van der Waals surface area contributed by atoms with Crippen LogP contribution in [0.25, 0.3) is 0 Å². The van der Waals surface area contributed by atoms with Gasteiger partial charge in [0.05, 0.1) is 0 Å². The SMILES string of the molecule is CN(CC(F)(F)F)c1ncnc(N)n1. The molecule has 0 spiro atoms. The van der Waals surface area contributed by atoms with E-state index >= 15 is 0 Å². The number of hydrogen-bond acceptors (Lipinski definition) is 5. The van der Waals surface area contributed by atoms with E-state index in [-0.39, 0.29) is 11.9 Å². The fourth-order valence-corrected chi connectivity index (χ4v) is 0.823. The van der Waals surface area contributed by atoms with Crippen molar-refractivity contribution in [1.82, 2.24) is 15.0 Å². The van der Waals surface area contributed by atoms with Gasteiger partial charge in [0.15, 0.2) is 0 Å². The van der Waals surface area contributed by atoms with Crippen molar-refractivity contribution >= 4 is 11.9 Å². The van der Waals surface area contributed by atoms with Crippen LogP contribution in [0.1, 0.15) is 0 Å². The minimum Gasteiger partial charge on any atom is -0.368 e. The molecule has 0 atom stereocenters. The Kier molecular flexibility index (Phi) is 2.73. The van der Waals surface area contributed by atoms with Crippen molar-refractivity contribution in [3.05, 3.63) is 6.33 Å². The maximum absolute atomic E-state index is 11.9. The lowest BCUT2D eigenvalue weighted by molar-refractivity contribution is -0.119. The molecule has 0 aliphatic rings. The monoisotopic (exact) mass is 207 g/mol. The molecule has 1 aromatic heterocycles. The summed E-state index contributed by atoms with van der Waals surface area (Å²) in [4.78, 5) is 11.4. The van der Waals surface area contributed by atoms with Gasteiger partial charge >= 0.3 is 6.18 Å². The molecular formula is C6H8F3N5. The highest BCUT2D eigenvalue weighted by Crippen LogP contribution is 2.17. The van der Waals surface area contributed by atoms with Crippen LogP contribution in [0.2, 0.25) is 0 Å². The van der Waals surface area contributed by atoms with E-state index in [2.05, 4.69) is 15.0 Å². The number of nitrogens with two attached hydrogens (primary N) is 1. The first-order chi connectivity index (χ1) is 6.38. The van der Waals surface area contributed by atoms with Gasteiger partial charge < -0.3 is 10.6 Å². The maximum atomic E-state index is 11.9. The van der Waals surface area contributed by atoms with Crippen molar-refractivity contribution in [2.75, 3.05) is 24.2 Å².